The number of anilines is 1. The molecule has 0 unspecified atom stereocenters. The summed E-state index contributed by atoms with van der Waals surface area (Å²) in [6, 6.07) is 1.71. The Hall–Kier alpha value is -2.29. The van der Waals surface area contributed by atoms with Gasteiger partial charge >= 0.3 is 0 Å². The highest BCUT2D eigenvalue weighted by Crippen LogP contribution is 2.10. The van der Waals surface area contributed by atoms with Crippen molar-refractivity contribution in [3.63, 3.8) is 0 Å². The van der Waals surface area contributed by atoms with Gasteiger partial charge in [-0.1, -0.05) is 11.3 Å². The lowest BCUT2D eigenvalue weighted by Crippen LogP contribution is -2.25. The van der Waals surface area contributed by atoms with Gasteiger partial charge in [-0.15, -0.1) is 10.2 Å². The minimum atomic E-state index is -0.190. The number of rotatable bonds is 7. The summed E-state index contributed by atoms with van der Waals surface area (Å²) < 4.78 is 5.00. The highest BCUT2D eigenvalue weighted by molar-refractivity contribution is 7.13. The Balaban J connectivity index is 1.67. The second-order valence-electron chi connectivity index (χ2n) is 4.11. The molecular formula is C12H16N6O2S. The van der Waals surface area contributed by atoms with Crippen LogP contribution in [0.15, 0.2) is 12.4 Å². The molecule has 0 spiro atoms. The number of hydrogen-bond acceptors (Lipinski definition) is 8. The predicted octanol–water partition coefficient (Wildman–Crippen LogP) is 0.877. The highest BCUT2D eigenvalue weighted by Gasteiger charge is 2.09. The van der Waals surface area contributed by atoms with E-state index in [0.717, 1.165) is 11.4 Å². The zero-order chi connectivity index (χ0) is 15.1. The van der Waals surface area contributed by atoms with Gasteiger partial charge in [-0.2, -0.15) is 0 Å². The molecule has 0 aliphatic rings. The van der Waals surface area contributed by atoms with E-state index in [9.17, 15) is 4.79 Å². The third kappa shape index (κ3) is 4.63. The molecule has 0 aliphatic heterocycles. The summed E-state index contributed by atoms with van der Waals surface area (Å²) in [5.74, 6) is 1.00. The summed E-state index contributed by atoms with van der Waals surface area (Å²) in [5, 5.41) is 14.7. The number of nitrogens with one attached hydrogen (secondary N) is 2. The Morgan fingerprint density at radius 2 is 2.19 bits per heavy atom. The molecule has 0 aliphatic carbocycles. The average molecular weight is 308 g/mol. The molecule has 0 bridgehead atoms. The average Bonchev–Trinajstić information content (AvgIpc) is 2.93. The molecule has 21 heavy (non-hydrogen) atoms. The largest absolute Gasteiger partial charge is 0.481 e. The molecule has 0 saturated heterocycles. The van der Waals surface area contributed by atoms with E-state index >= 15 is 0 Å². The number of carbonyl (C=O) groups excluding carboxylic acids is 1. The van der Waals surface area contributed by atoms with Gasteiger partial charge < -0.3 is 15.4 Å². The maximum atomic E-state index is 11.7. The molecule has 2 aromatic rings. The van der Waals surface area contributed by atoms with E-state index < -0.39 is 0 Å². The van der Waals surface area contributed by atoms with Crippen LogP contribution < -0.4 is 15.4 Å². The summed E-state index contributed by atoms with van der Waals surface area (Å²) in [6.07, 6.45) is 2.19. The Bertz CT molecular complexity index is 603. The molecule has 112 valence electrons. The maximum absolute atomic E-state index is 11.7. The van der Waals surface area contributed by atoms with E-state index in [0.29, 0.717) is 29.8 Å². The summed E-state index contributed by atoms with van der Waals surface area (Å²) >= 11 is 1.28. The molecule has 8 nitrogen and oxygen atoms in total. The molecule has 1 amide bonds. The normalized spacial score (nSPS) is 10.2. The van der Waals surface area contributed by atoms with E-state index in [4.69, 9.17) is 4.74 Å². The lowest BCUT2D eigenvalue weighted by molar-refractivity contribution is 0.0952. The van der Waals surface area contributed by atoms with Crippen molar-refractivity contribution in [3.05, 3.63) is 22.4 Å². The fourth-order valence-electron chi connectivity index (χ4n) is 1.52. The summed E-state index contributed by atoms with van der Waals surface area (Å²) in [7, 11) is 1.55. The monoisotopic (exact) mass is 308 g/mol. The fourth-order valence-corrected chi connectivity index (χ4v) is 2.13. The van der Waals surface area contributed by atoms with E-state index in [1.807, 2.05) is 6.92 Å². The van der Waals surface area contributed by atoms with Crippen LogP contribution in [0.25, 0.3) is 0 Å². The quantitative estimate of drug-likeness (QED) is 0.732. The lowest BCUT2D eigenvalue weighted by Gasteiger charge is -2.06. The first-order chi connectivity index (χ1) is 10.2. The van der Waals surface area contributed by atoms with Crippen molar-refractivity contribution in [3.8, 4) is 5.88 Å². The van der Waals surface area contributed by atoms with E-state index in [-0.39, 0.29) is 5.91 Å². The number of aromatic nitrogens is 4. The first-order valence-electron chi connectivity index (χ1n) is 6.37. The Kier molecular flexibility index (Phi) is 5.38. The summed E-state index contributed by atoms with van der Waals surface area (Å²) in [6.45, 7) is 3.04. The van der Waals surface area contributed by atoms with Crippen LogP contribution in [0.3, 0.4) is 0 Å². The van der Waals surface area contributed by atoms with Gasteiger partial charge in [0.05, 0.1) is 7.11 Å². The van der Waals surface area contributed by atoms with Crippen molar-refractivity contribution in [2.75, 3.05) is 25.5 Å². The Labute approximate surface area is 126 Å². The SMILES string of the molecule is COc1cc(NCCCNC(=O)c2nnc(C)s2)ncn1. The molecule has 0 fully saturated rings. The van der Waals surface area contributed by atoms with E-state index in [1.54, 1.807) is 13.2 Å². The molecule has 9 heteroatoms. The van der Waals surface area contributed by atoms with Crippen molar-refractivity contribution >= 4 is 23.1 Å². The van der Waals surface area contributed by atoms with Gasteiger partial charge in [0, 0.05) is 19.2 Å². The molecule has 2 rings (SSSR count). The number of carbonyl (C=O) groups is 1. The van der Waals surface area contributed by atoms with Crippen LogP contribution in [-0.2, 0) is 0 Å². The van der Waals surface area contributed by atoms with Crippen LogP contribution >= 0.6 is 11.3 Å². The minimum absolute atomic E-state index is 0.190. The van der Waals surface area contributed by atoms with Gasteiger partial charge in [0.2, 0.25) is 10.9 Å². The summed E-state index contributed by atoms with van der Waals surface area (Å²) in [5.41, 5.74) is 0. The Morgan fingerprint density at radius 3 is 2.90 bits per heavy atom. The topological polar surface area (TPSA) is 102 Å². The third-order valence-electron chi connectivity index (χ3n) is 2.52. The molecule has 2 N–H and O–H groups in total. The third-order valence-corrected chi connectivity index (χ3v) is 3.35. The maximum Gasteiger partial charge on any atom is 0.282 e. The van der Waals surface area contributed by atoms with Crippen molar-refractivity contribution in [2.45, 2.75) is 13.3 Å². The van der Waals surface area contributed by atoms with Gasteiger partial charge in [0.1, 0.15) is 17.2 Å². The minimum Gasteiger partial charge on any atom is -0.481 e. The fraction of sp³-hybridized carbons (Fsp3) is 0.417. The molecular weight excluding hydrogens is 292 g/mol. The van der Waals surface area contributed by atoms with Gasteiger partial charge in [0.25, 0.3) is 5.91 Å². The molecule has 2 aromatic heterocycles. The van der Waals surface area contributed by atoms with Gasteiger partial charge in [-0.25, -0.2) is 9.97 Å². The van der Waals surface area contributed by atoms with Crippen LogP contribution in [0.5, 0.6) is 5.88 Å². The van der Waals surface area contributed by atoms with Crippen LogP contribution in [-0.4, -0.2) is 46.3 Å². The zero-order valence-corrected chi connectivity index (χ0v) is 12.6. The van der Waals surface area contributed by atoms with Crippen LogP contribution in [0, 0.1) is 6.92 Å². The second-order valence-corrected chi connectivity index (χ2v) is 5.29. The first kappa shape index (κ1) is 15.1. The standard InChI is InChI=1S/C12H16N6O2S/c1-8-17-18-12(21-8)11(19)14-5-3-4-13-9-6-10(20-2)16-7-15-9/h6-7H,3-5H2,1-2H3,(H,14,19)(H,13,15,16). The molecule has 2 heterocycles. The van der Waals surface area contributed by atoms with Crippen LogP contribution in [0.2, 0.25) is 0 Å². The van der Waals surface area contributed by atoms with Crippen molar-refractivity contribution < 1.29 is 9.53 Å². The molecule has 0 radical (unpaired) electrons. The first-order valence-corrected chi connectivity index (χ1v) is 7.19. The van der Waals surface area contributed by atoms with E-state index in [2.05, 4.69) is 30.8 Å². The van der Waals surface area contributed by atoms with Crippen LogP contribution in [0.4, 0.5) is 5.82 Å². The van der Waals surface area contributed by atoms with E-state index in [1.165, 1.54) is 17.7 Å². The Morgan fingerprint density at radius 1 is 1.33 bits per heavy atom. The predicted molar refractivity (Wildman–Crippen MR) is 78.7 cm³/mol. The smallest absolute Gasteiger partial charge is 0.282 e. The zero-order valence-electron chi connectivity index (χ0n) is 11.8. The number of aryl methyl sites for hydroxylation is 1. The highest BCUT2D eigenvalue weighted by atomic mass is 32.1. The second kappa shape index (κ2) is 7.48. The molecule has 0 atom stereocenters. The number of amides is 1. The summed E-state index contributed by atoms with van der Waals surface area (Å²) in [4.78, 5) is 19.7. The van der Waals surface area contributed by atoms with Gasteiger partial charge in [-0.3, -0.25) is 4.79 Å². The van der Waals surface area contributed by atoms with Gasteiger partial charge in [-0.05, 0) is 13.3 Å². The van der Waals surface area contributed by atoms with Crippen LogP contribution in [0.1, 0.15) is 21.2 Å². The van der Waals surface area contributed by atoms with Crippen molar-refractivity contribution in [1.82, 2.24) is 25.5 Å². The molecule has 0 saturated carbocycles. The van der Waals surface area contributed by atoms with Gasteiger partial charge in [0.15, 0.2) is 0 Å². The lowest BCUT2D eigenvalue weighted by atomic mass is 10.4. The number of hydrogen-bond donors (Lipinski definition) is 2. The number of ether oxygens (including phenoxy) is 1. The van der Waals surface area contributed by atoms with Crippen molar-refractivity contribution in [1.29, 1.82) is 0 Å². The number of methoxy groups -OCH3 is 1. The van der Waals surface area contributed by atoms with Crippen molar-refractivity contribution in [2.24, 2.45) is 0 Å². The number of nitrogens with zero attached hydrogens (tertiary/aromatic N) is 4. The molecule has 0 aromatic carbocycles.